The van der Waals surface area contributed by atoms with Gasteiger partial charge in [0.25, 0.3) is 5.91 Å². The van der Waals surface area contributed by atoms with Crippen molar-refractivity contribution < 1.29 is 4.79 Å². The van der Waals surface area contributed by atoms with E-state index < -0.39 is 0 Å². The fourth-order valence-electron chi connectivity index (χ4n) is 3.88. The lowest BCUT2D eigenvalue weighted by molar-refractivity contribution is 0.0828. The molecule has 25 heavy (non-hydrogen) atoms. The molecule has 0 aliphatic carbocycles. The summed E-state index contributed by atoms with van der Waals surface area (Å²) in [6.07, 6.45) is 4.88. The van der Waals surface area contributed by atoms with Crippen molar-refractivity contribution in [3.63, 3.8) is 0 Å². The predicted octanol–water partition coefficient (Wildman–Crippen LogP) is 2.67. The standard InChI is InChI=1S/C19H29ClN4O/c1-23(2)19(25)17-12-14(5-6-18(17)20)22-15-4-3-11-24(13-15)16-7-9-21-10-8-16/h5-6,12,15-16,21-22H,3-4,7-11,13H2,1-2H3/t15-/m0/s1. The Hall–Kier alpha value is -1.30. The van der Waals surface area contributed by atoms with Gasteiger partial charge in [0.2, 0.25) is 0 Å². The van der Waals surface area contributed by atoms with Gasteiger partial charge in [-0.2, -0.15) is 0 Å². The van der Waals surface area contributed by atoms with Gasteiger partial charge in [0, 0.05) is 38.4 Å². The highest BCUT2D eigenvalue weighted by Gasteiger charge is 2.27. The van der Waals surface area contributed by atoms with E-state index in [0.29, 0.717) is 22.7 Å². The second kappa shape index (κ2) is 8.39. The van der Waals surface area contributed by atoms with Crippen LogP contribution in [-0.2, 0) is 0 Å². The number of anilines is 1. The van der Waals surface area contributed by atoms with Gasteiger partial charge in [-0.1, -0.05) is 11.6 Å². The molecule has 1 atom stereocenters. The van der Waals surface area contributed by atoms with E-state index >= 15 is 0 Å². The van der Waals surface area contributed by atoms with Crippen molar-refractivity contribution in [1.82, 2.24) is 15.1 Å². The van der Waals surface area contributed by atoms with Gasteiger partial charge in [0.15, 0.2) is 0 Å². The highest BCUT2D eigenvalue weighted by atomic mass is 35.5. The number of carbonyl (C=O) groups is 1. The minimum Gasteiger partial charge on any atom is -0.381 e. The third kappa shape index (κ3) is 4.66. The molecule has 2 aliphatic rings. The molecular weight excluding hydrogens is 336 g/mol. The maximum absolute atomic E-state index is 12.3. The number of amides is 1. The van der Waals surface area contributed by atoms with Gasteiger partial charge in [0.05, 0.1) is 10.6 Å². The normalized spacial score (nSPS) is 22.6. The van der Waals surface area contributed by atoms with Crippen LogP contribution in [0.3, 0.4) is 0 Å². The molecule has 1 aromatic rings. The maximum atomic E-state index is 12.3. The first-order valence-electron chi connectivity index (χ1n) is 9.27. The number of nitrogens with zero attached hydrogens (tertiary/aromatic N) is 2. The number of nitrogens with one attached hydrogen (secondary N) is 2. The molecule has 138 valence electrons. The number of hydrogen-bond acceptors (Lipinski definition) is 4. The van der Waals surface area contributed by atoms with Crippen molar-refractivity contribution in [2.24, 2.45) is 0 Å². The van der Waals surface area contributed by atoms with Gasteiger partial charge in [-0.3, -0.25) is 9.69 Å². The van der Waals surface area contributed by atoms with Crippen molar-refractivity contribution >= 4 is 23.2 Å². The highest BCUT2D eigenvalue weighted by Crippen LogP contribution is 2.25. The molecule has 2 saturated heterocycles. The van der Waals surface area contributed by atoms with Crippen LogP contribution < -0.4 is 10.6 Å². The summed E-state index contributed by atoms with van der Waals surface area (Å²) in [5.74, 6) is -0.0615. The monoisotopic (exact) mass is 364 g/mol. The Morgan fingerprint density at radius 3 is 2.76 bits per heavy atom. The first-order chi connectivity index (χ1) is 12.0. The molecule has 2 aliphatic heterocycles. The summed E-state index contributed by atoms with van der Waals surface area (Å²) in [6.45, 7) is 4.54. The third-order valence-electron chi connectivity index (χ3n) is 5.25. The Morgan fingerprint density at radius 1 is 1.28 bits per heavy atom. The van der Waals surface area contributed by atoms with E-state index in [2.05, 4.69) is 15.5 Å². The lowest BCUT2D eigenvalue weighted by atomic mass is 9.98. The Morgan fingerprint density at radius 2 is 2.04 bits per heavy atom. The molecule has 0 bridgehead atoms. The fraction of sp³-hybridized carbons (Fsp3) is 0.632. The molecule has 2 N–H and O–H groups in total. The lowest BCUT2D eigenvalue weighted by Gasteiger charge is -2.40. The zero-order valence-electron chi connectivity index (χ0n) is 15.2. The second-order valence-electron chi connectivity index (χ2n) is 7.35. The Labute approximate surface area is 155 Å². The van der Waals surface area contributed by atoms with Crippen LogP contribution in [0.1, 0.15) is 36.0 Å². The van der Waals surface area contributed by atoms with E-state index in [0.717, 1.165) is 25.3 Å². The summed E-state index contributed by atoms with van der Waals surface area (Å²) in [5.41, 5.74) is 1.54. The number of likely N-dealkylation sites (tertiary alicyclic amines) is 1. The number of halogens is 1. The average molecular weight is 365 g/mol. The Balaban J connectivity index is 1.65. The zero-order valence-corrected chi connectivity index (χ0v) is 16.0. The Kier molecular flexibility index (Phi) is 6.20. The molecule has 1 amide bonds. The van der Waals surface area contributed by atoms with E-state index in [1.54, 1.807) is 19.0 Å². The van der Waals surface area contributed by atoms with Crippen molar-refractivity contribution in [3.05, 3.63) is 28.8 Å². The molecule has 2 heterocycles. The molecule has 5 nitrogen and oxygen atoms in total. The summed E-state index contributed by atoms with van der Waals surface area (Å²) >= 11 is 6.21. The summed E-state index contributed by atoms with van der Waals surface area (Å²) < 4.78 is 0. The van der Waals surface area contributed by atoms with Gasteiger partial charge < -0.3 is 15.5 Å². The zero-order chi connectivity index (χ0) is 17.8. The molecule has 0 unspecified atom stereocenters. The van der Waals surface area contributed by atoms with E-state index in [9.17, 15) is 4.79 Å². The van der Waals surface area contributed by atoms with Gasteiger partial charge in [0.1, 0.15) is 0 Å². The largest absolute Gasteiger partial charge is 0.381 e. The van der Waals surface area contributed by atoms with Crippen LogP contribution in [0.5, 0.6) is 0 Å². The fourth-order valence-corrected chi connectivity index (χ4v) is 4.08. The van der Waals surface area contributed by atoms with Gasteiger partial charge in [-0.25, -0.2) is 0 Å². The first kappa shape index (κ1) is 18.5. The minimum absolute atomic E-state index is 0.0615. The van der Waals surface area contributed by atoms with Crippen molar-refractivity contribution in [1.29, 1.82) is 0 Å². The maximum Gasteiger partial charge on any atom is 0.254 e. The number of benzene rings is 1. The van der Waals surface area contributed by atoms with Crippen LogP contribution in [0.4, 0.5) is 5.69 Å². The second-order valence-corrected chi connectivity index (χ2v) is 7.76. The van der Waals surface area contributed by atoms with E-state index in [-0.39, 0.29) is 5.91 Å². The van der Waals surface area contributed by atoms with Gasteiger partial charge in [-0.05, 0) is 63.5 Å². The van der Waals surface area contributed by atoms with E-state index in [4.69, 9.17) is 11.6 Å². The molecule has 2 fully saturated rings. The highest BCUT2D eigenvalue weighted by molar-refractivity contribution is 6.34. The van der Waals surface area contributed by atoms with Crippen LogP contribution in [0, 0.1) is 0 Å². The molecule has 0 saturated carbocycles. The van der Waals surface area contributed by atoms with Crippen molar-refractivity contribution in [3.8, 4) is 0 Å². The number of rotatable bonds is 4. The third-order valence-corrected chi connectivity index (χ3v) is 5.58. The average Bonchev–Trinajstić information content (AvgIpc) is 2.63. The Bertz CT molecular complexity index is 601. The summed E-state index contributed by atoms with van der Waals surface area (Å²) in [4.78, 5) is 16.5. The number of carbonyl (C=O) groups excluding carboxylic acids is 1. The first-order valence-corrected chi connectivity index (χ1v) is 9.65. The molecule has 0 radical (unpaired) electrons. The van der Waals surface area contributed by atoms with Crippen LogP contribution in [0.15, 0.2) is 18.2 Å². The van der Waals surface area contributed by atoms with Crippen LogP contribution in [0.25, 0.3) is 0 Å². The molecule has 1 aromatic carbocycles. The SMILES string of the molecule is CN(C)C(=O)c1cc(N[C@H]2CCCN(C3CCNCC3)C2)ccc1Cl. The van der Waals surface area contributed by atoms with Crippen LogP contribution in [0.2, 0.25) is 5.02 Å². The van der Waals surface area contributed by atoms with E-state index in [1.165, 1.54) is 32.2 Å². The molecule has 0 aromatic heterocycles. The smallest absolute Gasteiger partial charge is 0.254 e. The minimum atomic E-state index is -0.0615. The molecule has 3 rings (SSSR count). The van der Waals surface area contributed by atoms with Crippen LogP contribution in [-0.4, -0.2) is 68.1 Å². The summed E-state index contributed by atoms with van der Waals surface area (Å²) in [6, 6.07) is 6.80. The van der Waals surface area contributed by atoms with Gasteiger partial charge in [-0.15, -0.1) is 0 Å². The van der Waals surface area contributed by atoms with E-state index in [1.807, 2.05) is 18.2 Å². The quantitative estimate of drug-likeness (QED) is 0.862. The summed E-state index contributed by atoms with van der Waals surface area (Å²) in [5, 5.41) is 7.57. The van der Waals surface area contributed by atoms with Crippen molar-refractivity contribution in [2.75, 3.05) is 45.6 Å². The number of hydrogen-bond donors (Lipinski definition) is 2. The lowest BCUT2D eigenvalue weighted by Crippen LogP contribution is -2.50. The predicted molar refractivity (Wildman–Crippen MR) is 104 cm³/mol. The number of piperidine rings is 2. The van der Waals surface area contributed by atoms with Crippen molar-refractivity contribution in [2.45, 2.75) is 37.8 Å². The van der Waals surface area contributed by atoms with Crippen LogP contribution >= 0.6 is 11.6 Å². The molecule has 0 spiro atoms. The van der Waals surface area contributed by atoms with Gasteiger partial charge >= 0.3 is 0 Å². The molecular formula is C19H29ClN4O. The molecule has 6 heteroatoms. The topological polar surface area (TPSA) is 47.6 Å². The summed E-state index contributed by atoms with van der Waals surface area (Å²) in [7, 11) is 3.49.